The van der Waals surface area contributed by atoms with Crippen LogP contribution < -0.4 is 11.1 Å². The van der Waals surface area contributed by atoms with Crippen molar-refractivity contribution in [3.63, 3.8) is 0 Å². The lowest BCUT2D eigenvalue weighted by Crippen LogP contribution is -2.25. The summed E-state index contributed by atoms with van der Waals surface area (Å²) in [4.78, 5) is 0. The second-order valence-corrected chi connectivity index (χ2v) is 2.54. The molecule has 0 amide bonds. The molecule has 0 fully saturated rings. The Bertz CT molecular complexity index is 196. The third-order valence-electron chi connectivity index (χ3n) is 1.72. The molecule has 0 radical (unpaired) electrons. The van der Waals surface area contributed by atoms with Gasteiger partial charge in [0.05, 0.1) is 0 Å². The summed E-state index contributed by atoms with van der Waals surface area (Å²) >= 11 is 0. The first kappa shape index (κ1) is 8.24. The maximum absolute atomic E-state index is 5.36. The number of hydrogen-bond acceptors (Lipinski definition) is 2. The maximum atomic E-state index is 5.36. The van der Waals surface area contributed by atoms with Crippen LogP contribution in [-0.2, 0) is 0 Å². The highest BCUT2D eigenvalue weighted by Crippen LogP contribution is 2.09. The van der Waals surface area contributed by atoms with Gasteiger partial charge in [0.15, 0.2) is 0 Å². The maximum Gasteiger partial charge on any atom is 0.0433 e. The van der Waals surface area contributed by atoms with Crippen molar-refractivity contribution < 1.29 is 0 Å². The first-order valence-corrected chi connectivity index (χ1v) is 3.83. The van der Waals surface area contributed by atoms with Crippen molar-refractivity contribution in [1.29, 1.82) is 0 Å². The summed E-state index contributed by atoms with van der Waals surface area (Å²) in [5.74, 6) is 0. The molecule has 1 atom stereocenters. The summed E-state index contributed by atoms with van der Waals surface area (Å²) in [6, 6.07) is 10.6. The van der Waals surface area contributed by atoms with Gasteiger partial charge in [0, 0.05) is 12.7 Å². The van der Waals surface area contributed by atoms with E-state index in [0.29, 0.717) is 12.7 Å². The van der Waals surface area contributed by atoms with E-state index in [1.807, 2.05) is 18.2 Å². The molecule has 2 nitrogen and oxygen atoms in total. The zero-order valence-corrected chi connectivity index (χ0v) is 6.75. The summed E-state index contributed by atoms with van der Waals surface area (Å²) in [5.41, 5.74) is 6.63. The van der Waals surface area contributed by atoms with Crippen LogP contribution >= 0.6 is 0 Å². The monoisotopic (exact) mass is 150 g/mol. The van der Waals surface area contributed by atoms with Gasteiger partial charge in [0.2, 0.25) is 0 Å². The quantitative estimate of drug-likeness (QED) is 0.636. The minimum atomic E-state index is 0.348. The topological polar surface area (TPSA) is 38.0 Å². The lowest BCUT2D eigenvalue weighted by molar-refractivity contribution is 0.588. The number of benzene rings is 1. The van der Waals surface area contributed by atoms with Crippen molar-refractivity contribution in [1.82, 2.24) is 5.32 Å². The predicted octanol–water partition coefficient (Wildman–Crippen LogP) is 1.25. The Labute approximate surface area is 67.4 Å². The van der Waals surface area contributed by atoms with Crippen LogP contribution in [0.25, 0.3) is 0 Å². The minimum Gasteiger partial charge on any atom is -0.318 e. The van der Waals surface area contributed by atoms with Gasteiger partial charge in [-0.2, -0.15) is 0 Å². The van der Waals surface area contributed by atoms with Crippen molar-refractivity contribution in [2.45, 2.75) is 13.0 Å². The van der Waals surface area contributed by atoms with Gasteiger partial charge in [-0.3, -0.25) is 5.32 Å². The van der Waals surface area contributed by atoms with Crippen LogP contribution in [-0.4, -0.2) is 6.67 Å². The molecular weight excluding hydrogens is 136 g/mol. The first-order chi connectivity index (χ1) is 5.34. The molecule has 60 valence electrons. The molecule has 11 heavy (non-hydrogen) atoms. The highest BCUT2D eigenvalue weighted by Gasteiger charge is 1.99. The van der Waals surface area contributed by atoms with E-state index >= 15 is 0 Å². The lowest BCUT2D eigenvalue weighted by Gasteiger charge is -2.11. The standard InChI is InChI=1S/C9H14N2/c1-8(11-7-10)9-5-3-2-4-6-9/h2-6,8,11H,7,10H2,1H3. The van der Waals surface area contributed by atoms with Gasteiger partial charge in [0.1, 0.15) is 0 Å². The molecule has 1 rings (SSSR count). The zero-order valence-electron chi connectivity index (χ0n) is 6.75. The summed E-state index contributed by atoms with van der Waals surface area (Å²) in [6.45, 7) is 2.62. The molecule has 1 aromatic rings. The Kier molecular flexibility index (Phi) is 3.08. The average molecular weight is 150 g/mol. The smallest absolute Gasteiger partial charge is 0.0433 e. The van der Waals surface area contributed by atoms with Gasteiger partial charge in [-0.25, -0.2) is 0 Å². The summed E-state index contributed by atoms with van der Waals surface area (Å²) in [5, 5.41) is 3.14. The Morgan fingerprint density at radius 1 is 1.36 bits per heavy atom. The van der Waals surface area contributed by atoms with Crippen molar-refractivity contribution >= 4 is 0 Å². The van der Waals surface area contributed by atoms with Crippen molar-refractivity contribution in [3.05, 3.63) is 35.9 Å². The van der Waals surface area contributed by atoms with Gasteiger partial charge in [-0.05, 0) is 12.5 Å². The van der Waals surface area contributed by atoms with E-state index in [9.17, 15) is 0 Å². The highest BCUT2D eigenvalue weighted by molar-refractivity contribution is 5.17. The van der Waals surface area contributed by atoms with E-state index in [0.717, 1.165) is 0 Å². The molecule has 1 aromatic carbocycles. The van der Waals surface area contributed by atoms with Gasteiger partial charge in [0.25, 0.3) is 0 Å². The van der Waals surface area contributed by atoms with Crippen LogP contribution in [0.3, 0.4) is 0 Å². The van der Waals surface area contributed by atoms with Crippen LogP contribution in [0.15, 0.2) is 30.3 Å². The Balaban J connectivity index is 2.61. The van der Waals surface area contributed by atoms with Crippen LogP contribution in [0, 0.1) is 0 Å². The Morgan fingerprint density at radius 2 is 2.00 bits per heavy atom. The zero-order chi connectivity index (χ0) is 8.10. The Morgan fingerprint density at radius 3 is 2.55 bits per heavy atom. The van der Waals surface area contributed by atoms with Crippen molar-refractivity contribution in [2.24, 2.45) is 5.73 Å². The molecule has 0 aliphatic rings. The molecule has 0 heterocycles. The molecule has 3 N–H and O–H groups in total. The molecule has 1 unspecified atom stereocenters. The summed E-state index contributed by atoms with van der Waals surface area (Å²) in [7, 11) is 0. The van der Waals surface area contributed by atoms with Crippen molar-refractivity contribution in [2.75, 3.05) is 6.67 Å². The van der Waals surface area contributed by atoms with Crippen LogP contribution in [0.4, 0.5) is 0 Å². The number of nitrogens with two attached hydrogens (primary N) is 1. The van der Waals surface area contributed by atoms with E-state index in [4.69, 9.17) is 5.73 Å². The molecule has 0 aliphatic heterocycles. The second kappa shape index (κ2) is 4.11. The number of hydrogen-bond donors (Lipinski definition) is 2. The number of nitrogens with one attached hydrogen (secondary N) is 1. The van der Waals surface area contributed by atoms with E-state index in [1.165, 1.54) is 5.56 Å². The molecular formula is C9H14N2. The van der Waals surface area contributed by atoms with Crippen molar-refractivity contribution in [3.8, 4) is 0 Å². The SMILES string of the molecule is CC(NCN)c1ccccc1. The molecule has 0 aromatic heterocycles. The number of rotatable bonds is 3. The summed E-state index contributed by atoms with van der Waals surface area (Å²) < 4.78 is 0. The van der Waals surface area contributed by atoms with Crippen LogP contribution in [0.1, 0.15) is 18.5 Å². The first-order valence-electron chi connectivity index (χ1n) is 3.83. The predicted molar refractivity (Wildman–Crippen MR) is 47.0 cm³/mol. The van der Waals surface area contributed by atoms with Gasteiger partial charge in [-0.15, -0.1) is 0 Å². The molecule has 0 saturated carbocycles. The third kappa shape index (κ3) is 2.33. The van der Waals surface area contributed by atoms with E-state index in [1.54, 1.807) is 0 Å². The third-order valence-corrected chi connectivity index (χ3v) is 1.72. The molecule has 0 bridgehead atoms. The molecule has 0 aliphatic carbocycles. The largest absolute Gasteiger partial charge is 0.318 e. The lowest BCUT2D eigenvalue weighted by atomic mass is 10.1. The highest BCUT2D eigenvalue weighted by atomic mass is 15.0. The fourth-order valence-corrected chi connectivity index (χ4v) is 1.04. The minimum absolute atomic E-state index is 0.348. The van der Waals surface area contributed by atoms with Gasteiger partial charge < -0.3 is 5.73 Å². The molecule has 2 heteroatoms. The summed E-state index contributed by atoms with van der Waals surface area (Å²) in [6.07, 6.45) is 0. The van der Waals surface area contributed by atoms with Gasteiger partial charge in [-0.1, -0.05) is 30.3 Å². The molecule has 0 saturated heterocycles. The van der Waals surface area contributed by atoms with Crippen LogP contribution in [0.2, 0.25) is 0 Å². The van der Waals surface area contributed by atoms with E-state index < -0.39 is 0 Å². The fourth-order valence-electron chi connectivity index (χ4n) is 1.04. The van der Waals surface area contributed by atoms with E-state index in [-0.39, 0.29) is 0 Å². The van der Waals surface area contributed by atoms with Gasteiger partial charge >= 0.3 is 0 Å². The van der Waals surface area contributed by atoms with E-state index in [2.05, 4.69) is 24.4 Å². The Hall–Kier alpha value is -0.860. The molecule has 0 spiro atoms. The second-order valence-electron chi connectivity index (χ2n) is 2.54. The van der Waals surface area contributed by atoms with Crippen LogP contribution in [0.5, 0.6) is 0 Å². The average Bonchev–Trinajstić information content (AvgIpc) is 2.07. The normalized spacial score (nSPS) is 12.9. The fraction of sp³-hybridized carbons (Fsp3) is 0.333.